The van der Waals surface area contributed by atoms with E-state index < -0.39 is 5.60 Å². The highest BCUT2D eigenvalue weighted by atomic mass is 16.5. The second kappa shape index (κ2) is 8.22. The number of likely N-dealkylation sites (tertiary alicyclic amines) is 1. The molecule has 2 aromatic rings. The molecule has 2 aliphatic rings. The number of nitrogens with zero attached hydrogens (tertiary/aromatic N) is 5. The molecule has 9 heteroatoms. The zero-order chi connectivity index (χ0) is 21.3. The Labute approximate surface area is 176 Å². The van der Waals surface area contributed by atoms with Gasteiger partial charge in [-0.25, -0.2) is 4.98 Å². The van der Waals surface area contributed by atoms with E-state index in [9.17, 15) is 9.90 Å². The Morgan fingerprint density at radius 3 is 2.53 bits per heavy atom. The predicted octanol–water partition coefficient (Wildman–Crippen LogP) is 1.77. The molecule has 0 unspecified atom stereocenters. The quantitative estimate of drug-likeness (QED) is 0.767. The Morgan fingerprint density at radius 2 is 1.93 bits per heavy atom. The van der Waals surface area contributed by atoms with Crippen LogP contribution in [0.15, 0.2) is 18.5 Å². The molecule has 1 N–H and O–H groups in total. The van der Waals surface area contributed by atoms with Crippen LogP contribution in [0.25, 0.3) is 0 Å². The standard InChI is InChI=1S/C21H29N5O4/c1-4-29-18-16(11-22-20(23-18)30-5-2)21(28)14-7-6-8-15(21)13-26(12-14)19(27)17-9-10-25(3)24-17/h9-11,14-15,28H,4-8,12-13H2,1-3H3/t14-,15-/m0/s1. The summed E-state index contributed by atoms with van der Waals surface area (Å²) in [7, 11) is 1.79. The summed E-state index contributed by atoms with van der Waals surface area (Å²) in [6.07, 6.45) is 6.05. The van der Waals surface area contributed by atoms with Gasteiger partial charge in [0.1, 0.15) is 11.3 Å². The van der Waals surface area contributed by atoms with E-state index in [0.717, 1.165) is 19.3 Å². The van der Waals surface area contributed by atoms with Crippen LogP contribution in [0, 0.1) is 11.8 Å². The molecule has 1 saturated carbocycles. The summed E-state index contributed by atoms with van der Waals surface area (Å²) in [5.41, 5.74) is -0.123. The molecule has 1 aliphatic carbocycles. The molecule has 3 heterocycles. The van der Waals surface area contributed by atoms with Gasteiger partial charge < -0.3 is 19.5 Å². The molecular formula is C21H29N5O4. The van der Waals surface area contributed by atoms with E-state index in [0.29, 0.717) is 43.4 Å². The molecule has 1 saturated heterocycles. The van der Waals surface area contributed by atoms with Crippen LogP contribution in [0.3, 0.4) is 0 Å². The fourth-order valence-electron chi connectivity index (χ4n) is 4.82. The SMILES string of the molecule is CCOc1ncc(C2(O)[C@H]3CCC[C@H]2CN(C(=O)c2ccn(C)n2)C3)c(OCC)n1. The molecule has 1 aliphatic heterocycles. The first-order valence-electron chi connectivity index (χ1n) is 10.6. The van der Waals surface area contributed by atoms with E-state index in [1.807, 2.05) is 18.7 Å². The first kappa shape index (κ1) is 20.6. The molecular weight excluding hydrogens is 386 g/mol. The van der Waals surface area contributed by atoms with E-state index in [1.54, 1.807) is 30.2 Å². The molecule has 2 bridgehead atoms. The predicted molar refractivity (Wildman–Crippen MR) is 108 cm³/mol. The van der Waals surface area contributed by atoms with Crippen LogP contribution in [-0.2, 0) is 12.6 Å². The third-order valence-electron chi connectivity index (χ3n) is 6.17. The summed E-state index contributed by atoms with van der Waals surface area (Å²) < 4.78 is 12.8. The Balaban J connectivity index is 1.65. The molecule has 0 radical (unpaired) electrons. The van der Waals surface area contributed by atoms with Crippen LogP contribution in [0.4, 0.5) is 0 Å². The molecule has 0 aromatic carbocycles. The monoisotopic (exact) mass is 415 g/mol. The average Bonchev–Trinajstić information content (AvgIpc) is 3.14. The molecule has 1 amide bonds. The van der Waals surface area contributed by atoms with Gasteiger partial charge in [-0.15, -0.1) is 0 Å². The highest BCUT2D eigenvalue weighted by Gasteiger charge is 2.54. The van der Waals surface area contributed by atoms with Crippen LogP contribution in [-0.4, -0.2) is 62.0 Å². The van der Waals surface area contributed by atoms with Crippen molar-refractivity contribution in [3.63, 3.8) is 0 Å². The second-order valence-electron chi connectivity index (χ2n) is 7.97. The van der Waals surface area contributed by atoms with Gasteiger partial charge in [0.25, 0.3) is 5.91 Å². The summed E-state index contributed by atoms with van der Waals surface area (Å²) in [5.74, 6) is 0.0131. The van der Waals surface area contributed by atoms with Crippen molar-refractivity contribution in [2.75, 3.05) is 26.3 Å². The fraction of sp³-hybridized carbons (Fsp3) is 0.619. The van der Waals surface area contributed by atoms with Crippen molar-refractivity contribution in [1.29, 1.82) is 0 Å². The minimum absolute atomic E-state index is 0.0949. The maximum Gasteiger partial charge on any atom is 0.319 e. The highest BCUT2D eigenvalue weighted by molar-refractivity contribution is 5.92. The molecule has 162 valence electrons. The van der Waals surface area contributed by atoms with Gasteiger partial charge in [-0.1, -0.05) is 6.42 Å². The molecule has 30 heavy (non-hydrogen) atoms. The lowest BCUT2D eigenvalue weighted by Crippen LogP contribution is -2.59. The summed E-state index contributed by atoms with van der Waals surface area (Å²) in [6.45, 7) is 5.54. The number of piperidine rings is 1. The van der Waals surface area contributed by atoms with E-state index in [1.165, 1.54) is 0 Å². The Bertz CT molecular complexity index is 901. The van der Waals surface area contributed by atoms with Crippen molar-refractivity contribution in [1.82, 2.24) is 24.6 Å². The lowest BCUT2D eigenvalue weighted by Gasteiger charge is -2.53. The number of ether oxygens (including phenoxy) is 2. The van der Waals surface area contributed by atoms with Crippen LogP contribution in [0.5, 0.6) is 11.9 Å². The van der Waals surface area contributed by atoms with Gasteiger partial charge in [0, 0.05) is 44.4 Å². The zero-order valence-electron chi connectivity index (χ0n) is 17.7. The first-order chi connectivity index (χ1) is 14.5. The Morgan fingerprint density at radius 1 is 1.23 bits per heavy atom. The molecule has 2 aromatic heterocycles. The summed E-state index contributed by atoms with van der Waals surface area (Å²) >= 11 is 0. The number of carbonyl (C=O) groups excluding carboxylic acids is 1. The largest absolute Gasteiger partial charge is 0.478 e. The van der Waals surface area contributed by atoms with E-state index in [4.69, 9.17) is 9.47 Å². The van der Waals surface area contributed by atoms with Gasteiger partial charge in [-0.2, -0.15) is 10.1 Å². The number of fused-ring (bicyclic) bond motifs is 2. The topological polar surface area (TPSA) is 103 Å². The Kier molecular flexibility index (Phi) is 5.64. The van der Waals surface area contributed by atoms with Crippen LogP contribution in [0.1, 0.15) is 49.2 Å². The highest BCUT2D eigenvalue weighted by Crippen LogP contribution is 2.51. The van der Waals surface area contributed by atoms with Gasteiger partial charge in [0.05, 0.1) is 18.8 Å². The van der Waals surface area contributed by atoms with Gasteiger partial charge in [-0.05, 0) is 32.8 Å². The first-order valence-corrected chi connectivity index (χ1v) is 10.6. The normalized spacial score (nSPS) is 25.8. The number of aryl methyl sites for hydroxylation is 1. The minimum Gasteiger partial charge on any atom is -0.478 e. The van der Waals surface area contributed by atoms with Crippen molar-refractivity contribution in [3.8, 4) is 11.9 Å². The molecule has 2 atom stereocenters. The third kappa shape index (κ3) is 3.51. The summed E-state index contributed by atoms with van der Waals surface area (Å²) in [6, 6.07) is 1.97. The fourth-order valence-corrected chi connectivity index (χ4v) is 4.82. The van der Waals surface area contributed by atoms with Crippen molar-refractivity contribution >= 4 is 5.91 Å². The maximum atomic E-state index is 13.0. The maximum absolute atomic E-state index is 13.0. The summed E-state index contributed by atoms with van der Waals surface area (Å²) in [5, 5.41) is 16.2. The number of carbonyl (C=O) groups is 1. The Hall–Kier alpha value is -2.68. The van der Waals surface area contributed by atoms with Gasteiger partial charge in [0.15, 0.2) is 0 Å². The molecule has 0 spiro atoms. The summed E-state index contributed by atoms with van der Waals surface area (Å²) in [4.78, 5) is 23.5. The third-order valence-corrected chi connectivity index (χ3v) is 6.17. The number of aromatic nitrogens is 4. The lowest BCUT2D eigenvalue weighted by molar-refractivity contribution is -0.141. The number of hydrogen-bond donors (Lipinski definition) is 1. The second-order valence-corrected chi connectivity index (χ2v) is 7.97. The van der Waals surface area contributed by atoms with Gasteiger partial charge in [-0.3, -0.25) is 9.48 Å². The van der Waals surface area contributed by atoms with E-state index in [2.05, 4.69) is 15.1 Å². The zero-order valence-corrected chi connectivity index (χ0v) is 17.7. The molecule has 2 fully saturated rings. The van der Waals surface area contributed by atoms with Crippen LogP contribution < -0.4 is 9.47 Å². The smallest absolute Gasteiger partial charge is 0.319 e. The lowest BCUT2D eigenvalue weighted by atomic mass is 9.63. The number of hydrogen-bond acceptors (Lipinski definition) is 7. The molecule has 9 nitrogen and oxygen atoms in total. The van der Waals surface area contributed by atoms with Crippen molar-refractivity contribution in [3.05, 3.63) is 29.7 Å². The van der Waals surface area contributed by atoms with Crippen molar-refractivity contribution in [2.24, 2.45) is 18.9 Å². The number of rotatable bonds is 6. The van der Waals surface area contributed by atoms with Gasteiger partial charge >= 0.3 is 6.01 Å². The number of amides is 1. The minimum atomic E-state index is -1.14. The van der Waals surface area contributed by atoms with Crippen molar-refractivity contribution in [2.45, 2.75) is 38.7 Å². The average molecular weight is 415 g/mol. The van der Waals surface area contributed by atoms with Gasteiger partial charge in [0.2, 0.25) is 5.88 Å². The van der Waals surface area contributed by atoms with Crippen LogP contribution in [0.2, 0.25) is 0 Å². The van der Waals surface area contributed by atoms with E-state index >= 15 is 0 Å². The molecule has 4 rings (SSSR count). The van der Waals surface area contributed by atoms with E-state index in [-0.39, 0.29) is 23.8 Å². The van der Waals surface area contributed by atoms with Crippen molar-refractivity contribution < 1.29 is 19.4 Å². The van der Waals surface area contributed by atoms with Crippen LogP contribution >= 0.6 is 0 Å². The number of aliphatic hydroxyl groups is 1.